The standard InChI is InChI=1S/C24H22N2O3S2/c1-30-19(12-18(25)24(28)29)21(27)16-9-10-17-22(15-8-5-11-26-13-15)31-23(17)20(16)14-6-3-2-4-7-14/h2-11,13,18-19,22H,12,25H2,1H3,(H,28,29)/t18-,19?,22?/m0/s1. The van der Waals surface area contributed by atoms with E-state index in [9.17, 15) is 14.7 Å². The first-order chi connectivity index (χ1) is 15.0. The van der Waals surface area contributed by atoms with E-state index >= 15 is 0 Å². The highest BCUT2D eigenvalue weighted by molar-refractivity contribution is 8.01. The molecule has 5 nitrogen and oxygen atoms in total. The normalized spacial score (nSPS) is 16.6. The molecule has 4 rings (SSSR count). The number of thioether (sulfide) groups is 2. The maximum Gasteiger partial charge on any atom is 0.320 e. The number of aromatic nitrogens is 1. The Morgan fingerprint density at radius 3 is 2.58 bits per heavy atom. The first-order valence-electron chi connectivity index (χ1n) is 9.85. The van der Waals surface area contributed by atoms with Crippen molar-refractivity contribution in [2.75, 3.05) is 6.26 Å². The van der Waals surface area contributed by atoms with Crippen molar-refractivity contribution in [3.05, 3.63) is 83.7 Å². The summed E-state index contributed by atoms with van der Waals surface area (Å²) in [7, 11) is 0. The van der Waals surface area contributed by atoms with E-state index < -0.39 is 17.3 Å². The molecule has 0 amide bonds. The molecule has 3 N–H and O–H groups in total. The van der Waals surface area contributed by atoms with Gasteiger partial charge in [-0.25, -0.2) is 0 Å². The molecule has 1 aliphatic rings. The Morgan fingerprint density at radius 2 is 1.94 bits per heavy atom. The van der Waals surface area contributed by atoms with E-state index in [0.29, 0.717) is 5.56 Å². The molecule has 0 saturated carbocycles. The van der Waals surface area contributed by atoms with E-state index in [0.717, 1.165) is 21.6 Å². The molecule has 3 aromatic rings. The molecule has 1 aliphatic heterocycles. The molecular formula is C24H22N2O3S2. The van der Waals surface area contributed by atoms with E-state index in [1.165, 1.54) is 17.3 Å². The number of nitrogens with two attached hydrogens (primary N) is 1. The maximum atomic E-state index is 13.5. The number of rotatable bonds is 8. The Balaban J connectivity index is 1.76. The number of pyridine rings is 1. The number of hydrogen-bond donors (Lipinski definition) is 2. The van der Waals surface area contributed by atoms with Crippen LogP contribution < -0.4 is 5.73 Å². The second kappa shape index (κ2) is 9.26. The van der Waals surface area contributed by atoms with Crippen molar-refractivity contribution in [1.29, 1.82) is 0 Å². The van der Waals surface area contributed by atoms with Gasteiger partial charge in [-0.05, 0) is 35.4 Å². The summed E-state index contributed by atoms with van der Waals surface area (Å²) in [4.78, 5) is 30.0. The van der Waals surface area contributed by atoms with Gasteiger partial charge in [0.1, 0.15) is 6.04 Å². The lowest BCUT2D eigenvalue weighted by Crippen LogP contribution is -2.35. The van der Waals surface area contributed by atoms with Gasteiger partial charge in [0.2, 0.25) is 0 Å². The van der Waals surface area contributed by atoms with Gasteiger partial charge in [-0.2, -0.15) is 11.8 Å². The van der Waals surface area contributed by atoms with E-state index in [-0.39, 0.29) is 17.5 Å². The lowest BCUT2D eigenvalue weighted by atomic mass is 9.90. The van der Waals surface area contributed by atoms with E-state index in [1.54, 1.807) is 18.0 Å². The van der Waals surface area contributed by atoms with Crippen LogP contribution in [0.5, 0.6) is 0 Å². The lowest BCUT2D eigenvalue weighted by molar-refractivity contribution is -0.138. The van der Waals surface area contributed by atoms with Gasteiger partial charge in [-0.1, -0.05) is 48.5 Å². The van der Waals surface area contributed by atoms with Gasteiger partial charge in [0, 0.05) is 28.4 Å². The Labute approximate surface area is 189 Å². The number of carbonyl (C=O) groups is 2. The molecule has 0 radical (unpaired) electrons. The van der Waals surface area contributed by atoms with Crippen LogP contribution in [0.4, 0.5) is 0 Å². The number of benzene rings is 2. The Morgan fingerprint density at radius 1 is 1.16 bits per heavy atom. The largest absolute Gasteiger partial charge is 0.480 e. The summed E-state index contributed by atoms with van der Waals surface area (Å²) in [5.41, 5.74) is 10.5. The molecule has 2 aromatic carbocycles. The molecule has 31 heavy (non-hydrogen) atoms. The Kier molecular flexibility index (Phi) is 6.46. The molecule has 1 aromatic heterocycles. The SMILES string of the molecule is CSC(C[C@H](N)C(=O)O)C(=O)c1ccc2c(c1-c1ccccc1)SC2c1cccnc1. The van der Waals surface area contributed by atoms with Crippen molar-refractivity contribution >= 4 is 35.3 Å². The van der Waals surface area contributed by atoms with Gasteiger partial charge < -0.3 is 10.8 Å². The summed E-state index contributed by atoms with van der Waals surface area (Å²) in [5.74, 6) is -1.18. The molecule has 3 atom stereocenters. The highest BCUT2D eigenvalue weighted by Gasteiger charge is 2.35. The molecule has 0 fully saturated rings. The van der Waals surface area contributed by atoms with Crippen molar-refractivity contribution in [2.24, 2.45) is 5.73 Å². The topological polar surface area (TPSA) is 93.3 Å². The maximum absolute atomic E-state index is 13.5. The monoisotopic (exact) mass is 450 g/mol. The Hall–Kier alpha value is -2.61. The minimum atomic E-state index is -1.10. The molecule has 158 valence electrons. The number of carbonyl (C=O) groups excluding carboxylic acids is 1. The molecule has 7 heteroatoms. The smallest absolute Gasteiger partial charge is 0.320 e. The third kappa shape index (κ3) is 4.26. The van der Waals surface area contributed by atoms with Crippen LogP contribution in [0.2, 0.25) is 0 Å². The van der Waals surface area contributed by atoms with E-state index in [1.807, 2.05) is 61.0 Å². The van der Waals surface area contributed by atoms with Crippen molar-refractivity contribution in [3.8, 4) is 11.1 Å². The molecule has 2 unspecified atom stereocenters. The summed E-state index contributed by atoms with van der Waals surface area (Å²) in [5, 5.41) is 8.85. The molecule has 0 saturated heterocycles. The van der Waals surface area contributed by atoms with Gasteiger partial charge in [-0.3, -0.25) is 14.6 Å². The third-order valence-electron chi connectivity index (χ3n) is 5.38. The Bertz CT molecular complexity index is 1110. The number of Topliss-reactive ketones (excluding diaryl/α,β-unsaturated/α-hetero) is 1. The molecule has 0 spiro atoms. The summed E-state index contributed by atoms with van der Waals surface area (Å²) < 4.78 is 0. The number of aliphatic carboxylic acids is 1. The first kappa shape index (κ1) is 21.6. The average molecular weight is 451 g/mol. The number of carboxylic acids is 1. The van der Waals surface area contributed by atoms with Gasteiger partial charge in [0.25, 0.3) is 0 Å². The fourth-order valence-electron chi connectivity index (χ4n) is 3.75. The zero-order valence-electron chi connectivity index (χ0n) is 16.9. The molecule has 2 heterocycles. The van der Waals surface area contributed by atoms with Gasteiger partial charge in [-0.15, -0.1) is 11.8 Å². The molecular weight excluding hydrogens is 428 g/mol. The predicted molar refractivity (Wildman–Crippen MR) is 126 cm³/mol. The fourth-order valence-corrected chi connectivity index (χ4v) is 5.80. The van der Waals surface area contributed by atoms with Gasteiger partial charge in [0.15, 0.2) is 5.78 Å². The summed E-state index contributed by atoms with van der Waals surface area (Å²) >= 11 is 3.07. The first-order valence-corrected chi connectivity index (χ1v) is 12.0. The van der Waals surface area contributed by atoms with Crippen molar-refractivity contribution in [1.82, 2.24) is 4.98 Å². The summed E-state index contributed by atoms with van der Waals surface area (Å²) in [6.07, 6.45) is 5.54. The van der Waals surface area contributed by atoms with Crippen LogP contribution >= 0.6 is 23.5 Å². The van der Waals surface area contributed by atoms with Crippen molar-refractivity contribution < 1.29 is 14.7 Å². The zero-order chi connectivity index (χ0) is 22.0. The highest BCUT2D eigenvalue weighted by atomic mass is 32.2. The van der Waals surface area contributed by atoms with Crippen LogP contribution in [-0.4, -0.2) is 39.4 Å². The second-order valence-electron chi connectivity index (χ2n) is 7.33. The van der Waals surface area contributed by atoms with Crippen molar-refractivity contribution in [3.63, 3.8) is 0 Å². The van der Waals surface area contributed by atoms with Crippen LogP contribution in [0.25, 0.3) is 11.1 Å². The van der Waals surface area contributed by atoms with Crippen LogP contribution in [0.15, 0.2) is 71.9 Å². The lowest BCUT2D eigenvalue weighted by Gasteiger charge is -2.33. The number of ketones is 1. The minimum Gasteiger partial charge on any atom is -0.480 e. The quantitative estimate of drug-likeness (QED) is 0.482. The predicted octanol–water partition coefficient (Wildman–Crippen LogP) is 4.66. The highest BCUT2D eigenvalue weighted by Crippen LogP contribution is 2.57. The minimum absolute atomic E-state index is 0.0868. The fraction of sp³-hybridized carbons (Fsp3) is 0.208. The van der Waals surface area contributed by atoms with E-state index in [2.05, 4.69) is 11.1 Å². The molecule has 0 bridgehead atoms. The average Bonchev–Trinajstić information content (AvgIpc) is 2.78. The number of nitrogens with zero attached hydrogens (tertiary/aromatic N) is 1. The van der Waals surface area contributed by atoms with Gasteiger partial charge >= 0.3 is 5.97 Å². The number of carboxylic acid groups (broad SMARTS) is 1. The van der Waals surface area contributed by atoms with Crippen LogP contribution in [-0.2, 0) is 4.79 Å². The summed E-state index contributed by atoms with van der Waals surface area (Å²) in [6.45, 7) is 0. The van der Waals surface area contributed by atoms with Gasteiger partial charge in [0.05, 0.1) is 10.5 Å². The van der Waals surface area contributed by atoms with Crippen LogP contribution in [0.3, 0.4) is 0 Å². The zero-order valence-corrected chi connectivity index (χ0v) is 18.5. The molecule has 0 aliphatic carbocycles. The van der Waals surface area contributed by atoms with Crippen molar-refractivity contribution in [2.45, 2.75) is 27.9 Å². The van der Waals surface area contributed by atoms with Crippen LogP contribution in [0.1, 0.15) is 33.2 Å². The number of fused-ring (bicyclic) bond motifs is 1. The third-order valence-corrected chi connectivity index (χ3v) is 7.80. The van der Waals surface area contributed by atoms with Crippen LogP contribution in [0, 0.1) is 0 Å². The summed E-state index contributed by atoms with van der Waals surface area (Å²) in [6, 6.07) is 16.7. The van der Waals surface area contributed by atoms with E-state index in [4.69, 9.17) is 5.73 Å². The second-order valence-corrected chi connectivity index (χ2v) is 9.48. The number of hydrogen-bond acceptors (Lipinski definition) is 6.